The number of nitriles is 1. The minimum Gasteiger partial charge on any atom is -0.502 e. The molecule has 0 saturated heterocycles. The van der Waals surface area contributed by atoms with Gasteiger partial charge >= 0.3 is 5.69 Å². The molecule has 2 N–H and O–H groups in total. The molecule has 0 bridgehead atoms. The van der Waals surface area contributed by atoms with E-state index >= 15 is 0 Å². The number of benzene rings is 2. The van der Waals surface area contributed by atoms with Gasteiger partial charge in [0.1, 0.15) is 0 Å². The molecule has 0 unspecified atom stereocenters. The summed E-state index contributed by atoms with van der Waals surface area (Å²) in [7, 11) is 0. The molecule has 2 rings (SSSR count). The number of nitrogens with zero attached hydrogens (tertiary/aromatic N) is 2. The number of rotatable bonds is 2. The highest BCUT2D eigenvalue weighted by molar-refractivity contribution is 5.95. The molecular weight excluding hydrogens is 236 g/mol. The van der Waals surface area contributed by atoms with Crippen LogP contribution in [0.1, 0.15) is 11.1 Å². The highest BCUT2D eigenvalue weighted by atomic mass is 16.6. The molecule has 2 aromatic rings. The van der Waals surface area contributed by atoms with E-state index in [9.17, 15) is 20.3 Å². The van der Waals surface area contributed by atoms with E-state index in [4.69, 9.17) is 5.26 Å². The average Bonchev–Trinajstić information content (AvgIpc) is 2.38. The Labute approximate surface area is 101 Å². The van der Waals surface area contributed by atoms with Crippen LogP contribution in [0, 0.1) is 21.4 Å². The predicted molar refractivity (Wildman–Crippen MR) is 62.9 cm³/mol. The molecule has 90 valence electrons. The van der Waals surface area contributed by atoms with E-state index < -0.39 is 16.4 Å². The van der Waals surface area contributed by atoms with Gasteiger partial charge < -0.3 is 10.2 Å². The summed E-state index contributed by atoms with van der Waals surface area (Å²) in [5.41, 5.74) is 0.128. The van der Waals surface area contributed by atoms with E-state index in [0.29, 0.717) is 10.9 Å². The van der Waals surface area contributed by atoms with Gasteiger partial charge in [0.05, 0.1) is 23.2 Å². The Morgan fingerprint density at radius 2 is 2.06 bits per heavy atom. The van der Waals surface area contributed by atoms with E-state index in [1.165, 1.54) is 12.1 Å². The molecule has 0 radical (unpaired) electrons. The number of nitro benzene ring substituents is 1. The number of aliphatic hydroxyl groups is 1. The van der Waals surface area contributed by atoms with Crippen molar-refractivity contribution in [2.75, 3.05) is 0 Å². The Hall–Kier alpha value is -2.65. The normalized spacial score (nSPS) is 10.2. The predicted octanol–water partition coefficient (Wildman–Crippen LogP) is 1.82. The summed E-state index contributed by atoms with van der Waals surface area (Å²) in [5, 5.41) is 39.3. The van der Waals surface area contributed by atoms with Crippen LogP contribution in [0.15, 0.2) is 24.3 Å². The second-order valence-electron chi connectivity index (χ2n) is 3.69. The molecule has 0 atom stereocenters. The standard InChI is InChI=1S/C12H8N2O4/c13-5-7-1-2-9-8(6-15)4-11(14(17)18)12(16)10(9)3-7/h1-4,15-16H,6H2. The van der Waals surface area contributed by atoms with Crippen molar-refractivity contribution < 1.29 is 15.1 Å². The van der Waals surface area contributed by atoms with E-state index in [1.807, 2.05) is 6.07 Å². The van der Waals surface area contributed by atoms with Crippen LogP contribution in [-0.4, -0.2) is 15.1 Å². The Morgan fingerprint density at radius 3 is 2.61 bits per heavy atom. The fourth-order valence-electron chi connectivity index (χ4n) is 1.81. The number of fused-ring (bicyclic) bond motifs is 1. The number of hydrogen-bond donors (Lipinski definition) is 2. The summed E-state index contributed by atoms with van der Waals surface area (Å²) in [6.45, 7) is -0.385. The van der Waals surface area contributed by atoms with Gasteiger partial charge in [-0.2, -0.15) is 5.26 Å². The lowest BCUT2D eigenvalue weighted by molar-refractivity contribution is -0.385. The van der Waals surface area contributed by atoms with Gasteiger partial charge in [-0.3, -0.25) is 10.1 Å². The second-order valence-corrected chi connectivity index (χ2v) is 3.69. The van der Waals surface area contributed by atoms with Gasteiger partial charge in [0.2, 0.25) is 5.75 Å². The second kappa shape index (κ2) is 4.31. The first-order valence-corrected chi connectivity index (χ1v) is 5.02. The first-order chi connectivity index (χ1) is 8.58. The zero-order valence-electron chi connectivity index (χ0n) is 9.12. The summed E-state index contributed by atoms with van der Waals surface area (Å²) in [5.74, 6) is -0.496. The summed E-state index contributed by atoms with van der Waals surface area (Å²) < 4.78 is 0. The highest BCUT2D eigenvalue weighted by Crippen LogP contribution is 2.37. The number of hydrogen-bond acceptors (Lipinski definition) is 5. The number of phenolic OH excluding ortho intramolecular Hbond substituents is 1. The van der Waals surface area contributed by atoms with Crippen LogP contribution in [0.4, 0.5) is 5.69 Å². The molecule has 0 heterocycles. The van der Waals surface area contributed by atoms with Gasteiger partial charge in [0, 0.05) is 11.5 Å². The molecule has 6 heteroatoms. The van der Waals surface area contributed by atoms with E-state index in [1.54, 1.807) is 6.07 Å². The topological polar surface area (TPSA) is 107 Å². The van der Waals surface area contributed by atoms with E-state index in [-0.39, 0.29) is 17.6 Å². The molecule has 0 amide bonds. The maximum Gasteiger partial charge on any atom is 0.311 e. The van der Waals surface area contributed by atoms with Crippen molar-refractivity contribution in [3.05, 3.63) is 45.5 Å². The molecule has 6 nitrogen and oxygen atoms in total. The lowest BCUT2D eigenvalue weighted by atomic mass is 10.0. The molecule has 0 fully saturated rings. The van der Waals surface area contributed by atoms with Crippen molar-refractivity contribution in [3.8, 4) is 11.8 Å². The van der Waals surface area contributed by atoms with Crippen LogP contribution in [0.3, 0.4) is 0 Å². The van der Waals surface area contributed by atoms with Crippen molar-refractivity contribution in [2.24, 2.45) is 0 Å². The molecule has 0 aromatic heterocycles. The third-order valence-corrected chi connectivity index (χ3v) is 2.67. The molecule has 0 aliphatic heterocycles. The van der Waals surface area contributed by atoms with Crippen LogP contribution < -0.4 is 0 Å². The van der Waals surface area contributed by atoms with Crippen LogP contribution >= 0.6 is 0 Å². The van der Waals surface area contributed by atoms with Crippen molar-refractivity contribution in [1.82, 2.24) is 0 Å². The van der Waals surface area contributed by atoms with Crippen LogP contribution in [0.5, 0.6) is 5.75 Å². The Bertz CT molecular complexity index is 689. The largest absolute Gasteiger partial charge is 0.502 e. The SMILES string of the molecule is N#Cc1ccc2c(CO)cc([N+](=O)[O-])c(O)c2c1. The van der Waals surface area contributed by atoms with Gasteiger partial charge in [0.15, 0.2) is 0 Å². The molecule has 0 aliphatic rings. The van der Waals surface area contributed by atoms with Crippen LogP contribution in [-0.2, 0) is 6.61 Å². The molecule has 0 aliphatic carbocycles. The molecule has 0 spiro atoms. The number of aliphatic hydroxyl groups excluding tert-OH is 1. The van der Waals surface area contributed by atoms with Crippen molar-refractivity contribution in [1.29, 1.82) is 5.26 Å². The third kappa shape index (κ3) is 1.73. The summed E-state index contributed by atoms with van der Waals surface area (Å²) in [6, 6.07) is 7.44. The van der Waals surface area contributed by atoms with Gasteiger partial charge in [-0.15, -0.1) is 0 Å². The lowest BCUT2D eigenvalue weighted by Crippen LogP contribution is -1.94. The van der Waals surface area contributed by atoms with Gasteiger partial charge in [-0.25, -0.2) is 0 Å². The number of aromatic hydroxyl groups is 1. The first kappa shape index (κ1) is 11.8. The lowest BCUT2D eigenvalue weighted by Gasteiger charge is -2.07. The minimum absolute atomic E-state index is 0.187. The van der Waals surface area contributed by atoms with Crippen LogP contribution in [0.2, 0.25) is 0 Å². The van der Waals surface area contributed by atoms with Gasteiger partial charge in [-0.05, 0) is 23.1 Å². The monoisotopic (exact) mass is 244 g/mol. The van der Waals surface area contributed by atoms with E-state index in [2.05, 4.69) is 0 Å². The average molecular weight is 244 g/mol. The summed E-state index contributed by atoms with van der Waals surface area (Å²) in [6.07, 6.45) is 0. The molecule has 2 aromatic carbocycles. The maximum absolute atomic E-state index is 10.8. The molecular formula is C12H8N2O4. The summed E-state index contributed by atoms with van der Waals surface area (Å²) >= 11 is 0. The maximum atomic E-state index is 10.8. The fourth-order valence-corrected chi connectivity index (χ4v) is 1.81. The zero-order valence-corrected chi connectivity index (χ0v) is 9.12. The fraction of sp³-hybridized carbons (Fsp3) is 0.0833. The van der Waals surface area contributed by atoms with Crippen molar-refractivity contribution >= 4 is 16.5 Å². The molecule has 18 heavy (non-hydrogen) atoms. The van der Waals surface area contributed by atoms with Crippen molar-refractivity contribution in [2.45, 2.75) is 6.61 Å². The molecule has 0 saturated carbocycles. The Balaban J connectivity index is 2.91. The summed E-state index contributed by atoms with van der Waals surface area (Å²) in [4.78, 5) is 10.1. The minimum atomic E-state index is -0.729. The first-order valence-electron chi connectivity index (χ1n) is 5.02. The number of phenols is 1. The number of nitro groups is 1. The Morgan fingerprint density at radius 1 is 1.33 bits per heavy atom. The van der Waals surface area contributed by atoms with Crippen LogP contribution in [0.25, 0.3) is 10.8 Å². The smallest absolute Gasteiger partial charge is 0.311 e. The quantitative estimate of drug-likeness (QED) is 0.618. The van der Waals surface area contributed by atoms with Crippen molar-refractivity contribution in [3.63, 3.8) is 0 Å². The van der Waals surface area contributed by atoms with E-state index in [0.717, 1.165) is 6.07 Å². The third-order valence-electron chi connectivity index (χ3n) is 2.67. The highest BCUT2D eigenvalue weighted by Gasteiger charge is 2.19. The Kier molecular flexibility index (Phi) is 2.83. The van der Waals surface area contributed by atoms with Gasteiger partial charge in [0.25, 0.3) is 0 Å². The zero-order chi connectivity index (χ0) is 13.3. The van der Waals surface area contributed by atoms with Gasteiger partial charge in [-0.1, -0.05) is 6.07 Å².